The van der Waals surface area contributed by atoms with Crippen molar-refractivity contribution in [1.29, 1.82) is 0 Å². The Hall–Kier alpha value is -2.37. The molecular formula is C11H12N2O4. The summed E-state index contributed by atoms with van der Waals surface area (Å²) in [7, 11) is 1.31. The summed E-state index contributed by atoms with van der Waals surface area (Å²) in [6.07, 6.45) is 3.40. The summed E-state index contributed by atoms with van der Waals surface area (Å²) >= 11 is 0. The van der Waals surface area contributed by atoms with Crippen LogP contribution in [-0.4, -0.2) is 18.0 Å². The molecule has 0 unspecified atom stereocenters. The molecule has 0 bridgehead atoms. The summed E-state index contributed by atoms with van der Waals surface area (Å²) in [4.78, 5) is 20.8. The summed E-state index contributed by atoms with van der Waals surface area (Å²) in [5, 5.41) is 10.5. The van der Waals surface area contributed by atoms with Crippen LogP contribution in [0.15, 0.2) is 24.3 Å². The van der Waals surface area contributed by atoms with Crippen LogP contribution in [-0.2, 0) is 9.53 Å². The van der Waals surface area contributed by atoms with Crippen molar-refractivity contribution >= 4 is 23.4 Å². The number of anilines is 1. The largest absolute Gasteiger partial charge is 0.469 e. The van der Waals surface area contributed by atoms with Crippen LogP contribution in [0.2, 0.25) is 0 Å². The van der Waals surface area contributed by atoms with Gasteiger partial charge >= 0.3 is 5.97 Å². The Labute approximate surface area is 97.8 Å². The molecule has 1 rings (SSSR count). The Morgan fingerprint density at radius 3 is 2.82 bits per heavy atom. The zero-order chi connectivity index (χ0) is 12.8. The van der Waals surface area contributed by atoms with Crippen molar-refractivity contribution in [2.75, 3.05) is 12.8 Å². The maximum Gasteiger partial charge on any atom is 0.309 e. The first-order valence-corrected chi connectivity index (χ1v) is 4.82. The van der Waals surface area contributed by atoms with E-state index in [1.807, 2.05) is 0 Å². The van der Waals surface area contributed by atoms with Crippen molar-refractivity contribution < 1.29 is 14.5 Å². The molecule has 0 atom stereocenters. The standard InChI is InChI=1S/C11H12N2O4/c1-17-11(14)4-2-3-8-5-6-10(13(15)16)9(12)7-8/h2-3,5-7H,4,12H2,1H3. The fourth-order valence-corrected chi connectivity index (χ4v) is 1.22. The zero-order valence-electron chi connectivity index (χ0n) is 9.25. The number of hydrogen-bond donors (Lipinski definition) is 1. The van der Waals surface area contributed by atoms with Gasteiger partial charge in [-0.3, -0.25) is 14.9 Å². The summed E-state index contributed by atoms with van der Waals surface area (Å²) in [5.74, 6) is -0.351. The molecule has 6 heteroatoms. The number of nitrogens with two attached hydrogens (primary N) is 1. The second-order valence-corrected chi connectivity index (χ2v) is 3.26. The number of benzene rings is 1. The first-order valence-electron chi connectivity index (χ1n) is 4.82. The molecule has 0 aliphatic rings. The molecule has 0 fully saturated rings. The first-order chi connectivity index (χ1) is 8.04. The van der Waals surface area contributed by atoms with E-state index in [4.69, 9.17) is 5.73 Å². The van der Waals surface area contributed by atoms with E-state index >= 15 is 0 Å². The van der Waals surface area contributed by atoms with E-state index < -0.39 is 4.92 Å². The Morgan fingerprint density at radius 1 is 1.59 bits per heavy atom. The van der Waals surface area contributed by atoms with Gasteiger partial charge < -0.3 is 10.5 Å². The highest BCUT2D eigenvalue weighted by molar-refractivity contribution is 5.73. The van der Waals surface area contributed by atoms with E-state index in [1.54, 1.807) is 18.2 Å². The number of esters is 1. The number of rotatable bonds is 4. The fourth-order valence-electron chi connectivity index (χ4n) is 1.22. The van der Waals surface area contributed by atoms with Gasteiger partial charge in [-0.1, -0.05) is 12.2 Å². The van der Waals surface area contributed by atoms with Gasteiger partial charge in [-0.25, -0.2) is 0 Å². The zero-order valence-corrected chi connectivity index (χ0v) is 9.25. The molecule has 0 aromatic heterocycles. The molecule has 0 aliphatic carbocycles. The molecular weight excluding hydrogens is 224 g/mol. The van der Waals surface area contributed by atoms with Gasteiger partial charge in [0.15, 0.2) is 0 Å². The van der Waals surface area contributed by atoms with Gasteiger partial charge in [0.25, 0.3) is 5.69 Å². The van der Waals surface area contributed by atoms with Crippen LogP contribution in [0.25, 0.3) is 6.08 Å². The third kappa shape index (κ3) is 3.60. The van der Waals surface area contributed by atoms with Gasteiger partial charge in [-0.15, -0.1) is 0 Å². The van der Waals surface area contributed by atoms with Crippen molar-refractivity contribution in [2.45, 2.75) is 6.42 Å². The van der Waals surface area contributed by atoms with E-state index in [0.29, 0.717) is 5.56 Å². The molecule has 0 spiro atoms. The van der Waals surface area contributed by atoms with Crippen LogP contribution < -0.4 is 5.73 Å². The average molecular weight is 236 g/mol. The van der Waals surface area contributed by atoms with E-state index in [9.17, 15) is 14.9 Å². The second kappa shape index (κ2) is 5.64. The number of carbonyl (C=O) groups is 1. The molecule has 1 aromatic rings. The lowest BCUT2D eigenvalue weighted by molar-refractivity contribution is -0.383. The molecule has 0 radical (unpaired) electrons. The van der Waals surface area contributed by atoms with Crippen molar-refractivity contribution in [3.05, 3.63) is 40.0 Å². The van der Waals surface area contributed by atoms with Crippen LogP contribution >= 0.6 is 0 Å². The highest BCUT2D eigenvalue weighted by atomic mass is 16.6. The number of nitrogens with zero attached hydrogens (tertiary/aromatic N) is 1. The van der Waals surface area contributed by atoms with Crippen molar-refractivity contribution in [3.63, 3.8) is 0 Å². The van der Waals surface area contributed by atoms with E-state index in [2.05, 4.69) is 4.74 Å². The third-order valence-corrected chi connectivity index (χ3v) is 2.07. The predicted molar refractivity (Wildman–Crippen MR) is 63.2 cm³/mol. The molecule has 1 aromatic carbocycles. The van der Waals surface area contributed by atoms with E-state index in [-0.39, 0.29) is 23.8 Å². The summed E-state index contributed by atoms with van der Waals surface area (Å²) in [6, 6.07) is 4.36. The second-order valence-electron chi connectivity index (χ2n) is 3.26. The van der Waals surface area contributed by atoms with Gasteiger partial charge in [0.05, 0.1) is 18.5 Å². The van der Waals surface area contributed by atoms with Crippen LogP contribution in [0.5, 0.6) is 0 Å². The number of hydrogen-bond acceptors (Lipinski definition) is 5. The van der Waals surface area contributed by atoms with Gasteiger partial charge in [-0.2, -0.15) is 0 Å². The maximum absolute atomic E-state index is 10.8. The first kappa shape index (κ1) is 12.7. The molecule has 0 amide bonds. The number of nitro groups is 1. The molecule has 6 nitrogen and oxygen atoms in total. The lowest BCUT2D eigenvalue weighted by Gasteiger charge is -1.98. The van der Waals surface area contributed by atoms with Crippen LogP contribution in [0.1, 0.15) is 12.0 Å². The Bertz CT molecular complexity index is 469. The minimum atomic E-state index is -0.544. The molecule has 0 heterocycles. The highest BCUT2D eigenvalue weighted by Gasteiger charge is 2.09. The quantitative estimate of drug-likeness (QED) is 0.372. The normalized spacial score (nSPS) is 10.4. The van der Waals surface area contributed by atoms with Gasteiger partial charge in [-0.05, 0) is 17.7 Å². The van der Waals surface area contributed by atoms with Crippen molar-refractivity contribution in [3.8, 4) is 0 Å². The van der Waals surface area contributed by atoms with Crippen LogP contribution in [0, 0.1) is 10.1 Å². The minimum Gasteiger partial charge on any atom is -0.469 e. The third-order valence-electron chi connectivity index (χ3n) is 2.07. The van der Waals surface area contributed by atoms with Crippen LogP contribution in [0.3, 0.4) is 0 Å². The molecule has 0 saturated heterocycles. The predicted octanol–water partition coefficient (Wildman–Crippen LogP) is 1.75. The number of carbonyl (C=O) groups excluding carboxylic acids is 1. The lowest BCUT2D eigenvalue weighted by Crippen LogP contribution is -1.97. The average Bonchev–Trinajstić information content (AvgIpc) is 2.28. The Morgan fingerprint density at radius 2 is 2.29 bits per heavy atom. The van der Waals surface area contributed by atoms with E-state index in [0.717, 1.165) is 0 Å². The maximum atomic E-state index is 10.8. The topological polar surface area (TPSA) is 95.5 Å². The SMILES string of the molecule is COC(=O)CC=Cc1ccc([N+](=O)[O-])c(N)c1. The van der Waals surface area contributed by atoms with Gasteiger partial charge in [0, 0.05) is 6.07 Å². The van der Waals surface area contributed by atoms with Gasteiger partial charge in [0.1, 0.15) is 5.69 Å². The minimum absolute atomic E-state index is 0.0928. The lowest BCUT2D eigenvalue weighted by atomic mass is 10.1. The molecule has 0 aliphatic heterocycles. The summed E-state index contributed by atoms with van der Waals surface area (Å²) < 4.78 is 4.46. The monoisotopic (exact) mass is 236 g/mol. The number of methoxy groups -OCH3 is 1. The number of ether oxygens (including phenoxy) is 1. The van der Waals surface area contributed by atoms with Crippen molar-refractivity contribution in [1.82, 2.24) is 0 Å². The summed E-state index contributed by atoms with van der Waals surface area (Å²) in [6.45, 7) is 0. The smallest absolute Gasteiger partial charge is 0.309 e. The molecule has 0 saturated carbocycles. The van der Waals surface area contributed by atoms with Gasteiger partial charge in [0.2, 0.25) is 0 Å². The number of nitrogen functional groups attached to an aromatic ring is 1. The Kier molecular flexibility index (Phi) is 4.21. The highest BCUT2D eigenvalue weighted by Crippen LogP contribution is 2.22. The van der Waals surface area contributed by atoms with Crippen molar-refractivity contribution in [2.24, 2.45) is 0 Å². The number of nitro benzene ring substituents is 1. The Balaban J connectivity index is 2.77. The molecule has 17 heavy (non-hydrogen) atoms. The molecule has 90 valence electrons. The fraction of sp³-hybridized carbons (Fsp3) is 0.182. The molecule has 2 N–H and O–H groups in total. The van der Waals surface area contributed by atoms with Crippen LogP contribution in [0.4, 0.5) is 11.4 Å². The summed E-state index contributed by atoms with van der Waals surface area (Å²) in [5.41, 5.74) is 6.17. The van der Waals surface area contributed by atoms with E-state index in [1.165, 1.54) is 19.2 Å².